The lowest BCUT2D eigenvalue weighted by molar-refractivity contribution is -0.234. The van der Waals surface area contributed by atoms with Gasteiger partial charge in [0.25, 0.3) is 0 Å². The van der Waals surface area contributed by atoms with Gasteiger partial charge in [0.15, 0.2) is 0 Å². The summed E-state index contributed by atoms with van der Waals surface area (Å²) in [6, 6.07) is 0. The van der Waals surface area contributed by atoms with Crippen molar-refractivity contribution in [2.24, 2.45) is 22.2 Å². The molecule has 5 unspecified atom stereocenters. The van der Waals surface area contributed by atoms with E-state index in [1.54, 1.807) is 0 Å². The third kappa shape index (κ3) is 1.27. The molecule has 3 fully saturated rings. The summed E-state index contributed by atoms with van der Waals surface area (Å²) in [5.41, 5.74) is -0.435. The van der Waals surface area contributed by atoms with Crippen molar-refractivity contribution in [1.29, 1.82) is 0 Å². The highest BCUT2D eigenvalue weighted by Crippen LogP contribution is 2.73. The van der Waals surface area contributed by atoms with E-state index in [1.807, 2.05) is 6.92 Å². The van der Waals surface area contributed by atoms with Crippen LogP contribution in [0.1, 0.15) is 66.2 Å². The second-order valence-corrected chi connectivity index (χ2v) is 8.45. The molecular formula is C16H28O2. The van der Waals surface area contributed by atoms with E-state index in [0.717, 1.165) is 31.6 Å². The van der Waals surface area contributed by atoms with Gasteiger partial charge in [-0.05, 0) is 62.2 Å². The van der Waals surface area contributed by atoms with Crippen molar-refractivity contribution in [3.05, 3.63) is 0 Å². The van der Waals surface area contributed by atoms with Crippen LogP contribution in [0.4, 0.5) is 0 Å². The zero-order valence-electron chi connectivity index (χ0n) is 12.3. The largest absolute Gasteiger partial charge is 0.390 e. The molecule has 2 N–H and O–H groups in total. The van der Waals surface area contributed by atoms with E-state index >= 15 is 0 Å². The first-order chi connectivity index (χ1) is 8.15. The van der Waals surface area contributed by atoms with Gasteiger partial charge in [-0.3, -0.25) is 0 Å². The Balaban J connectivity index is 2.12. The van der Waals surface area contributed by atoms with E-state index in [-0.39, 0.29) is 10.8 Å². The maximum Gasteiger partial charge on any atom is 0.0938 e. The van der Waals surface area contributed by atoms with Crippen LogP contribution >= 0.6 is 0 Å². The quantitative estimate of drug-likeness (QED) is 0.695. The van der Waals surface area contributed by atoms with Crippen molar-refractivity contribution in [3.63, 3.8) is 0 Å². The Morgan fingerprint density at radius 3 is 2.28 bits per heavy atom. The molecule has 2 bridgehead atoms. The molecule has 1 spiro atoms. The van der Waals surface area contributed by atoms with Gasteiger partial charge in [0, 0.05) is 5.41 Å². The topological polar surface area (TPSA) is 40.5 Å². The Bertz CT molecular complexity index is 367. The molecule has 2 nitrogen and oxygen atoms in total. The molecule has 0 saturated heterocycles. The van der Waals surface area contributed by atoms with Gasteiger partial charge in [0.2, 0.25) is 0 Å². The predicted octanol–water partition coefficient (Wildman–Crippen LogP) is 3.11. The molecule has 0 amide bonds. The van der Waals surface area contributed by atoms with Gasteiger partial charge < -0.3 is 10.2 Å². The van der Waals surface area contributed by atoms with Crippen molar-refractivity contribution >= 4 is 0 Å². The van der Waals surface area contributed by atoms with Gasteiger partial charge in [0.05, 0.1) is 11.7 Å². The molecule has 3 rings (SSSR count). The standard InChI is InChI=1S/C16H28O2/c1-13(2)10-16-9-11(13)5-7-14(16,3)8-6-12(17)15(16,4)18/h11-12,17-18H,5-10H2,1-4H3. The number of aliphatic hydroxyl groups is 2. The van der Waals surface area contributed by atoms with Gasteiger partial charge in [-0.1, -0.05) is 20.8 Å². The van der Waals surface area contributed by atoms with E-state index in [2.05, 4.69) is 20.8 Å². The molecule has 0 aliphatic heterocycles. The van der Waals surface area contributed by atoms with E-state index in [0.29, 0.717) is 5.41 Å². The fourth-order valence-electron chi connectivity index (χ4n) is 5.79. The van der Waals surface area contributed by atoms with Crippen LogP contribution in [0.2, 0.25) is 0 Å². The summed E-state index contributed by atoms with van der Waals surface area (Å²) in [5.74, 6) is 0.724. The van der Waals surface area contributed by atoms with Gasteiger partial charge in [0.1, 0.15) is 0 Å². The Labute approximate surface area is 111 Å². The lowest BCUT2D eigenvalue weighted by Crippen LogP contribution is -2.64. The summed E-state index contributed by atoms with van der Waals surface area (Å²) in [6.45, 7) is 8.98. The lowest BCUT2D eigenvalue weighted by atomic mass is 9.46. The van der Waals surface area contributed by atoms with E-state index in [4.69, 9.17) is 0 Å². The van der Waals surface area contributed by atoms with Crippen molar-refractivity contribution < 1.29 is 10.2 Å². The van der Waals surface area contributed by atoms with Crippen LogP contribution in [-0.2, 0) is 0 Å². The summed E-state index contributed by atoms with van der Waals surface area (Å²) in [6.07, 6.45) is 6.01. The smallest absolute Gasteiger partial charge is 0.0938 e. The minimum absolute atomic E-state index is 0.0654. The molecular weight excluding hydrogens is 224 g/mol. The summed E-state index contributed by atoms with van der Waals surface area (Å²) in [4.78, 5) is 0. The number of aliphatic hydroxyl groups excluding tert-OH is 1. The van der Waals surface area contributed by atoms with Crippen molar-refractivity contribution in [3.8, 4) is 0 Å². The molecule has 0 aromatic carbocycles. The maximum absolute atomic E-state index is 11.1. The molecule has 3 aliphatic carbocycles. The normalized spacial score (nSPS) is 58.3. The highest BCUT2D eigenvalue weighted by molar-refractivity contribution is 5.20. The average Bonchev–Trinajstić information content (AvgIpc) is 2.50. The zero-order valence-corrected chi connectivity index (χ0v) is 12.3. The number of hydrogen-bond acceptors (Lipinski definition) is 2. The summed E-state index contributed by atoms with van der Waals surface area (Å²) >= 11 is 0. The number of fused-ring (bicyclic) bond motifs is 1. The van der Waals surface area contributed by atoms with Gasteiger partial charge in [-0.25, -0.2) is 0 Å². The number of hydrogen-bond donors (Lipinski definition) is 2. The SMILES string of the molecule is CC1(C)CC23CC1CCC2(C)CCC(O)C3(C)O. The Morgan fingerprint density at radius 2 is 1.61 bits per heavy atom. The third-order valence-electron chi connectivity index (χ3n) is 7.24. The Morgan fingerprint density at radius 1 is 1.00 bits per heavy atom. The fourth-order valence-corrected chi connectivity index (χ4v) is 5.79. The van der Waals surface area contributed by atoms with Crippen molar-refractivity contribution in [1.82, 2.24) is 0 Å². The average molecular weight is 252 g/mol. The van der Waals surface area contributed by atoms with E-state index in [1.165, 1.54) is 12.8 Å². The Kier molecular flexibility index (Phi) is 2.39. The van der Waals surface area contributed by atoms with Crippen LogP contribution in [0.25, 0.3) is 0 Å². The minimum atomic E-state index is -0.910. The molecule has 18 heavy (non-hydrogen) atoms. The number of rotatable bonds is 0. The highest BCUT2D eigenvalue weighted by atomic mass is 16.3. The summed E-state index contributed by atoms with van der Waals surface area (Å²) in [7, 11) is 0. The van der Waals surface area contributed by atoms with Crippen molar-refractivity contribution in [2.75, 3.05) is 0 Å². The molecule has 104 valence electrons. The minimum Gasteiger partial charge on any atom is -0.390 e. The zero-order chi connectivity index (χ0) is 13.4. The van der Waals surface area contributed by atoms with Crippen LogP contribution in [-0.4, -0.2) is 21.9 Å². The van der Waals surface area contributed by atoms with Crippen LogP contribution in [0.15, 0.2) is 0 Å². The lowest BCUT2D eigenvalue weighted by Gasteiger charge is -2.62. The Hall–Kier alpha value is -0.0800. The first-order valence-corrected chi connectivity index (χ1v) is 7.55. The monoisotopic (exact) mass is 252 g/mol. The fraction of sp³-hybridized carbons (Fsp3) is 1.00. The first kappa shape index (κ1) is 12.9. The second-order valence-electron chi connectivity index (χ2n) is 8.45. The van der Waals surface area contributed by atoms with Crippen LogP contribution in [0.3, 0.4) is 0 Å². The second kappa shape index (κ2) is 3.32. The highest BCUT2D eigenvalue weighted by Gasteiger charge is 2.70. The molecule has 2 heteroatoms. The van der Waals surface area contributed by atoms with Crippen LogP contribution in [0.5, 0.6) is 0 Å². The summed E-state index contributed by atoms with van der Waals surface area (Å²) < 4.78 is 0. The summed E-state index contributed by atoms with van der Waals surface area (Å²) in [5, 5.41) is 21.4. The molecule has 0 aromatic heterocycles. The third-order valence-corrected chi connectivity index (χ3v) is 7.24. The molecule has 5 atom stereocenters. The van der Waals surface area contributed by atoms with Gasteiger partial charge in [-0.2, -0.15) is 0 Å². The maximum atomic E-state index is 11.1. The van der Waals surface area contributed by atoms with Gasteiger partial charge in [-0.15, -0.1) is 0 Å². The van der Waals surface area contributed by atoms with Crippen LogP contribution in [0, 0.1) is 22.2 Å². The van der Waals surface area contributed by atoms with Crippen molar-refractivity contribution in [2.45, 2.75) is 77.9 Å². The molecule has 0 heterocycles. The molecule has 3 aliphatic rings. The predicted molar refractivity (Wildman–Crippen MR) is 72.1 cm³/mol. The molecule has 0 aromatic rings. The van der Waals surface area contributed by atoms with E-state index in [9.17, 15) is 10.2 Å². The molecule has 3 saturated carbocycles. The first-order valence-electron chi connectivity index (χ1n) is 7.55. The van der Waals surface area contributed by atoms with E-state index < -0.39 is 11.7 Å². The molecule has 0 radical (unpaired) electrons. The van der Waals surface area contributed by atoms with Gasteiger partial charge >= 0.3 is 0 Å². The van der Waals surface area contributed by atoms with Crippen LogP contribution < -0.4 is 0 Å².